The second kappa shape index (κ2) is 2.83. The molecule has 0 aliphatic carbocycles. The first-order valence-corrected chi connectivity index (χ1v) is 4.13. The van der Waals surface area contributed by atoms with Crippen molar-refractivity contribution in [3.05, 3.63) is 17.0 Å². The highest BCUT2D eigenvalue weighted by molar-refractivity contribution is 5.84. The van der Waals surface area contributed by atoms with Gasteiger partial charge in [0.05, 0.1) is 0 Å². The molecule has 0 spiro atoms. The van der Waals surface area contributed by atoms with Crippen LogP contribution in [0.3, 0.4) is 0 Å². The molecule has 76 valence electrons. The van der Waals surface area contributed by atoms with Gasteiger partial charge < -0.3 is 0 Å². The number of halogens is 3. The Hall–Kier alpha value is -1.33. The standard InChI is InChI=1S/C8H8F3N3/c1-14-6-2-3-12-4-5(6)7(13-14)8(9,10)11/h4H,2-3H2,1H3. The molecule has 3 nitrogen and oxygen atoms in total. The Labute approximate surface area is 78.2 Å². The second-order valence-electron chi connectivity index (χ2n) is 3.12. The summed E-state index contributed by atoms with van der Waals surface area (Å²) in [6.45, 7) is 0.532. The van der Waals surface area contributed by atoms with Crippen LogP contribution in [0.15, 0.2) is 4.99 Å². The van der Waals surface area contributed by atoms with Gasteiger partial charge in [-0.3, -0.25) is 9.67 Å². The number of aryl methyl sites for hydroxylation is 1. The van der Waals surface area contributed by atoms with E-state index in [0.29, 0.717) is 18.7 Å². The molecule has 0 fully saturated rings. The van der Waals surface area contributed by atoms with Crippen molar-refractivity contribution in [2.24, 2.45) is 12.0 Å². The van der Waals surface area contributed by atoms with Crippen LogP contribution in [0.1, 0.15) is 17.0 Å². The Bertz CT molecular complexity index is 389. The number of aliphatic imine (C=N–C) groups is 1. The van der Waals surface area contributed by atoms with Crippen LogP contribution in [-0.2, 0) is 19.6 Å². The summed E-state index contributed by atoms with van der Waals surface area (Å²) in [7, 11) is 1.52. The molecule has 0 saturated heterocycles. The molecule has 0 radical (unpaired) electrons. The van der Waals surface area contributed by atoms with Crippen molar-refractivity contribution in [2.75, 3.05) is 6.54 Å². The monoisotopic (exact) mass is 203 g/mol. The number of fused-ring (bicyclic) bond motifs is 1. The molecule has 6 heteroatoms. The largest absolute Gasteiger partial charge is 0.435 e. The smallest absolute Gasteiger partial charge is 0.292 e. The predicted molar refractivity (Wildman–Crippen MR) is 44.4 cm³/mol. The number of rotatable bonds is 0. The third-order valence-electron chi connectivity index (χ3n) is 2.17. The van der Waals surface area contributed by atoms with Gasteiger partial charge in [0.15, 0.2) is 5.69 Å². The van der Waals surface area contributed by atoms with Crippen LogP contribution in [-0.4, -0.2) is 22.5 Å². The fraction of sp³-hybridized carbons (Fsp3) is 0.500. The molecule has 0 aromatic carbocycles. The molecule has 2 rings (SSSR count). The summed E-state index contributed by atoms with van der Waals surface area (Å²) in [5.41, 5.74) is -0.114. The van der Waals surface area contributed by atoms with Crippen molar-refractivity contribution in [3.8, 4) is 0 Å². The van der Waals surface area contributed by atoms with E-state index in [-0.39, 0.29) is 5.56 Å². The lowest BCUT2D eigenvalue weighted by atomic mass is 10.1. The van der Waals surface area contributed by atoms with E-state index in [2.05, 4.69) is 10.1 Å². The molecule has 1 aliphatic heterocycles. The van der Waals surface area contributed by atoms with Crippen molar-refractivity contribution in [3.63, 3.8) is 0 Å². The lowest BCUT2D eigenvalue weighted by Crippen LogP contribution is -2.11. The third-order valence-corrected chi connectivity index (χ3v) is 2.17. The van der Waals surface area contributed by atoms with Gasteiger partial charge in [-0.25, -0.2) is 0 Å². The molecule has 0 N–H and O–H groups in total. The van der Waals surface area contributed by atoms with Crippen molar-refractivity contribution in [1.29, 1.82) is 0 Å². The zero-order valence-corrected chi connectivity index (χ0v) is 7.47. The molecular weight excluding hydrogens is 195 g/mol. The first kappa shape index (κ1) is 9.23. The lowest BCUT2D eigenvalue weighted by molar-refractivity contribution is -0.141. The number of alkyl halides is 3. The average Bonchev–Trinajstić information content (AvgIpc) is 2.44. The molecule has 1 aromatic heterocycles. The molecule has 0 saturated carbocycles. The number of aromatic nitrogens is 2. The maximum atomic E-state index is 12.5. The minimum atomic E-state index is -4.39. The van der Waals surface area contributed by atoms with Gasteiger partial charge in [0, 0.05) is 37.5 Å². The quantitative estimate of drug-likeness (QED) is 0.627. The van der Waals surface area contributed by atoms with E-state index in [1.54, 1.807) is 0 Å². The summed E-state index contributed by atoms with van der Waals surface area (Å²) in [5.74, 6) is 0. The molecule has 0 unspecified atom stereocenters. The maximum Gasteiger partial charge on any atom is 0.435 e. The summed E-state index contributed by atoms with van der Waals surface area (Å²) >= 11 is 0. The molecule has 14 heavy (non-hydrogen) atoms. The molecule has 0 bridgehead atoms. The first-order valence-electron chi connectivity index (χ1n) is 4.13. The summed E-state index contributed by atoms with van der Waals surface area (Å²) < 4.78 is 38.6. The molecule has 2 heterocycles. The van der Waals surface area contributed by atoms with Gasteiger partial charge in [-0.15, -0.1) is 0 Å². The first-order chi connectivity index (χ1) is 6.50. The maximum absolute atomic E-state index is 12.5. The number of hydrogen-bond acceptors (Lipinski definition) is 2. The summed E-state index contributed by atoms with van der Waals surface area (Å²) in [6, 6.07) is 0. The van der Waals surface area contributed by atoms with Crippen molar-refractivity contribution < 1.29 is 13.2 Å². The van der Waals surface area contributed by atoms with Crippen LogP contribution < -0.4 is 0 Å². The fourth-order valence-electron chi connectivity index (χ4n) is 1.54. The summed E-state index contributed by atoms with van der Waals surface area (Å²) in [6.07, 6.45) is -2.62. The number of nitrogens with zero attached hydrogens (tertiary/aromatic N) is 3. The zero-order valence-electron chi connectivity index (χ0n) is 7.47. The lowest BCUT2D eigenvalue weighted by Gasteiger charge is -2.07. The Kier molecular flexibility index (Phi) is 1.87. The predicted octanol–water partition coefficient (Wildman–Crippen LogP) is 1.41. The van der Waals surface area contributed by atoms with E-state index in [9.17, 15) is 13.2 Å². The minimum Gasteiger partial charge on any atom is -0.292 e. The average molecular weight is 203 g/mol. The van der Waals surface area contributed by atoms with Crippen LogP contribution in [0.2, 0.25) is 0 Å². The summed E-state index contributed by atoms with van der Waals surface area (Å²) in [4.78, 5) is 3.83. The molecule has 1 aromatic rings. The van der Waals surface area contributed by atoms with E-state index in [1.807, 2.05) is 0 Å². The van der Waals surface area contributed by atoms with Gasteiger partial charge >= 0.3 is 6.18 Å². The number of hydrogen-bond donors (Lipinski definition) is 0. The fourth-order valence-corrected chi connectivity index (χ4v) is 1.54. The normalized spacial score (nSPS) is 15.7. The molecule has 0 amide bonds. The second-order valence-corrected chi connectivity index (χ2v) is 3.12. The molecule has 0 atom stereocenters. The van der Waals surface area contributed by atoms with Crippen molar-refractivity contribution in [1.82, 2.24) is 9.78 Å². The van der Waals surface area contributed by atoms with Gasteiger partial charge in [-0.1, -0.05) is 0 Å². The summed E-state index contributed by atoms with van der Waals surface area (Å²) in [5, 5.41) is 3.46. The van der Waals surface area contributed by atoms with Crippen LogP contribution in [0.5, 0.6) is 0 Å². The van der Waals surface area contributed by atoms with E-state index in [0.717, 1.165) is 0 Å². The zero-order chi connectivity index (χ0) is 10.3. The third kappa shape index (κ3) is 1.30. The van der Waals surface area contributed by atoms with Crippen LogP contribution in [0.4, 0.5) is 13.2 Å². The SMILES string of the molecule is Cn1nc(C(F)(F)F)c2c1CCN=C2. The molecular formula is C8H8F3N3. The van der Waals surface area contributed by atoms with Gasteiger partial charge in [0.25, 0.3) is 0 Å². The van der Waals surface area contributed by atoms with Gasteiger partial charge in [-0.05, 0) is 0 Å². The van der Waals surface area contributed by atoms with Crippen LogP contribution in [0, 0.1) is 0 Å². The molecule has 1 aliphatic rings. The Morgan fingerprint density at radius 3 is 2.79 bits per heavy atom. The van der Waals surface area contributed by atoms with E-state index >= 15 is 0 Å². The van der Waals surface area contributed by atoms with Crippen LogP contribution in [0.25, 0.3) is 0 Å². The van der Waals surface area contributed by atoms with Crippen molar-refractivity contribution in [2.45, 2.75) is 12.6 Å². The Morgan fingerprint density at radius 1 is 1.43 bits per heavy atom. The van der Waals surface area contributed by atoms with Crippen molar-refractivity contribution >= 4 is 6.21 Å². The van der Waals surface area contributed by atoms with Gasteiger partial charge in [0.1, 0.15) is 0 Å². The van der Waals surface area contributed by atoms with Gasteiger partial charge in [0.2, 0.25) is 0 Å². The van der Waals surface area contributed by atoms with E-state index in [1.165, 1.54) is 17.9 Å². The topological polar surface area (TPSA) is 30.2 Å². The van der Waals surface area contributed by atoms with E-state index < -0.39 is 11.9 Å². The van der Waals surface area contributed by atoms with E-state index in [4.69, 9.17) is 0 Å². The highest BCUT2D eigenvalue weighted by Gasteiger charge is 2.38. The van der Waals surface area contributed by atoms with Gasteiger partial charge in [-0.2, -0.15) is 18.3 Å². The Morgan fingerprint density at radius 2 is 2.14 bits per heavy atom. The highest BCUT2D eigenvalue weighted by Crippen LogP contribution is 2.32. The minimum absolute atomic E-state index is 0.117. The highest BCUT2D eigenvalue weighted by atomic mass is 19.4. The van der Waals surface area contributed by atoms with Crippen LogP contribution >= 0.6 is 0 Å². The Balaban J connectivity index is 2.60.